The Bertz CT molecular complexity index is 199. The van der Waals surface area contributed by atoms with Crippen molar-refractivity contribution in [2.24, 2.45) is 5.73 Å². The number of hydrogen-bond donors (Lipinski definition) is 1. The highest BCUT2D eigenvalue weighted by atomic mass is 32.2. The molecule has 7 heteroatoms. The minimum atomic E-state index is 0.627. The Kier molecular flexibility index (Phi) is 3.76. The average molecular weight is 229 g/mol. The molecule has 2 rings (SSSR count). The van der Waals surface area contributed by atoms with Gasteiger partial charge in [-0.25, -0.2) is 0 Å². The fourth-order valence-corrected chi connectivity index (χ4v) is 5.54. The van der Waals surface area contributed by atoms with Crippen LogP contribution >= 0.6 is 23.2 Å². The maximum atomic E-state index is 5.70. The molecule has 0 aliphatic carbocycles. The number of rotatable bonds is 2. The molecule has 2 aliphatic heterocycles. The topological polar surface area (TPSA) is 32.5 Å². The summed E-state index contributed by atoms with van der Waals surface area (Å²) in [5, 5.41) is 1.37. The highest BCUT2D eigenvalue weighted by Gasteiger charge is 2.43. The van der Waals surface area contributed by atoms with Crippen LogP contribution in [0.1, 0.15) is 0 Å². The summed E-state index contributed by atoms with van der Waals surface area (Å²) in [6.07, 6.45) is 0.811. The molecular formula is C7H17B2N3S2. The van der Waals surface area contributed by atoms with Crippen molar-refractivity contribution in [3.05, 3.63) is 0 Å². The van der Waals surface area contributed by atoms with E-state index in [-0.39, 0.29) is 0 Å². The van der Waals surface area contributed by atoms with Crippen molar-refractivity contribution in [1.82, 2.24) is 9.62 Å². The minimum absolute atomic E-state index is 0.627. The first-order valence-electron chi connectivity index (χ1n) is 5.10. The molecule has 2 N–H and O–H groups in total. The summed E-state index contributed by atoms with van der Waals surface area (Å²) < 4.78 is 0. The van der Waals surface area contributed by atoms with Gasteiger partial charge in [-0.3, -0.25) is 0 Å². The minimum Gasteiger partial charge on any atom is -0.336 e. The molecule has 2 saturated heterocycles. The van der Waals surface area contributed by atoms with Crippen LogP contribution in [0.4, 0.5) is 0 Å². The van der Waals surface area contributed by atoms with E-state index in [9.17, 15) is 0 Å². The molecule has 3 nitrogen and oxygen atoms in total. The predicted molar refractivity (Wildman–Crippen MR) is 69.7 cm³/mol. The van der Waals surface area contributed by atoms with E-state index in [1.165, 1.54) is 18.8 Å². The van der Waals surface area contributed by atoms with E-state index >= 15 is 0 Å². The highest BCUT2D eigenvalue weighted by molar-refractivity contribution is 8.57. The second-order valence-electron chi connectivity index (χ2n) is 4.05. The summed E-state index contributed by atoms with van der Waals surface area (Å²) >= 11 is 4.10. The quantitative estimate of drug-likeness (QED) is 0.658. The molecular weight excluding hydrogens is 212 g/mol. The number of likely N-dealkylation sites (N-methyl/N-ethyl adjacent to an activating group) is 2. The largest absolute Gasteiger partial charge is 0.336 e. The van der Waals surface area contributed by atoms with Crippen molar-refractivity contribution in [2.45, 2.75) is 5.15 Å². The molecule has 0 aromatic heterocycles. The second kappa shape index (κ2) is 4.70. The van der Waals surface area contributed by atoms with Gasteiger partial charge in [0.05, 0.1) is 0 Å². The maximum absolute atomic E-state index is 5.70. The zero-order valence-corrected chi connectivity index (χ0v) is 10.5. The van der Waals surface area contributed by atoms with Crippen LogP contribution in [0.25, 0.3) is 0 Å². The summed E-state index contributed by atoms with van der Waals surface area (Å²) in [6.45, 7) is 3.04. The molecule has 0 radical (unpaired) electrons. The van der Waals surface area contributed by atoms with Crippen LogP contribution in [0.3, 0.4) is 0 Å². The number of hydrogen-bond acceptors (Lipinski definition) is 5. The Hall–Kier alpha value is 0.710. The van der Waals surface area contributed by atoms with Gasteiger partial charge in [0.2, 0.25) is 0 Å². The molecule has 2 aliphatic rings. The molecule has 0 spiro atoms. The van der Waals surface area contributed by atoms with Crippen LogP contribution in [0.15, 0.2) is 0 Å². The Morgan fingerprint density at radius 3 is 2.50 bits per heavy atom. The van der Waals surface area contributed by atoms with Gasteiger partial charge >= 0.3 is 6.98 Å². The van der Waals surface area contributed by atoms with Crippen LogP contribution < -0.4 is 5.73 Å². The Morgan fingerprint density at radius 1 is 1.36 bits per heavy atom. The molecule has 2 fully saturated rings. The zero-order chi connectivity index (χ0) is 10.1. The average Bonchev–Trinajstić information content (AvgIpc) is 2.73. The lowest BCUT2D eigenvalue weighted by Crippen LogP contribution is -2.49. The monoisotopic (exact) mass is 229 g/mol. The number of nitrogens with zero attached hydrogens (tertiary/aromatic N) is 2. The molecule has 0 bridgehead atoms. The Balaban J connectivity index is 1.95. The molecule has 0 aromatic rings. The van der Waals surface area contributed by atoms with Gasteiger partial charge in [0, 0.05) is 18.2 Å². The van der Waals surface area contributed by atoms with E-state index in [4.69, 9.17) is 5.73 Å². The molecule has 78 valence electrons. The molecule has 1 atom stereocenters. The van der Waals surface area contributed by atoms with Crippen molar-refractivity contribution >= 4 is 35.5 Å². The van der Waals surface area contributed by atoms with Crippen molar-refractivity contribution in [3.63, 3.8) is 0 Å². The first kappa shape index (κ1) is 11.2. The lowest BCUT2D eigenvalue weighted by Gasteiger charge is -2.25. The van der Waals surface area contributed by atoms with E-state index < -0.39 is 0 Å². The van der Waals surface area contributed by atoms with E-state index in [2.05, 4.69) is 35.3 Å². The maximum Gasteiger partial charge on any atom is 0.324 e. The fourth-order valence-electron chi connectivity index (χ4n) is 2.24. The third-order valence-electron chi connectivity index (χ3n) is 3.01. The normalized spacial score (nSPS) is 30.6. The van der Waals surface area contributed by atoms with Crippen molar-refractivity contribution in [1.29, 1.82) is 0 Å². The molecule has 0 saturated carbocycles. The summed E-state index contributed by atoms with van der Waals surface area (Å²) in [6, 6.07) is 0. The summed E-state index contributed by atoms with van der Waals surface area (Å²) in [5.41, 5.74) is 5.70. The zero-order valence-electron chi connectivity index (χ0n) is 8.85. The van der Waals surface area contributed by atoms with Crippen LogP contribution in [0.5, 0.6) is 0 Å². The van der Waals surface area contributed by atoms with Gasteiger partial charge < -0.3 is 15.4 Å². The van der Waals surface area contributed by atoms with Gasteiger partial charge in [-0.1, -0.05) is 0 Å². The Labute approximate surface area is 95.5 Å². The van der Waals surface area contributed by atoms with Crippen molar-refractivity contribution in [2.75, 3.05) is 39.4 Å². The summed E-state index contributed by atoms with van der Waals surface area (Å²) in [7, 11) is 4.46. The molecule has 0 aromatic carbocycles. The van der Waals surface area contributed by atoms with E-state index in [1.807, 2.05) is 11.6 Å². The third-order valence-corrected chi connectivity index (χ3v) is 6.33. The first-order valence-corrected chi connectivity index (χ1v) is 7.09. The van der Waals surface area contributed by atoms with Gasteiger partial charge in [-0.05, 0) is 26.3 Å². The number of nitrogens with two attached hydrogens (primary N) is 1. The fraction of sp³-hybridized carbons (Fsp3) is 1.00. The molecule has 0 unspecified atom stereocenters. The van der Waals surface area contributed by atoms with Crippen molar-refractivity contribution < 1.29 is 0 Å². The van der Waals surface area contributed by atoms with Gasteiger partial charge in [-0.2, -0.15) is 23.2 Å². The highest BCUT2D eigenvalue weighted by Crippen LogP contribution is 2.36. The Morgan fingerprint density at radius 2 is 2.00 bits per heavy atom. The van der Waals surface area contributed by atoms with Crippen LogP contribution in [-0.2, 0) is 0 Å². The first-order chi connectivity index (χ1) is 6.72. The van der Waals surface area contributed by atoms with Crippen LogP contribution in [0.2, 0.25) is 0 Å². The van der Waals surface area contributed by atoms with Gasteiger partial charge in [-0.15, -0.1) is 0 Å². The standard InChI is InChI=1S/C7H17B2N3S2/c1-11-3-4-12(2)9(11)7-5-13-8(6-10)14-7/h7H,3-6,10H2,1-2H3/t7-/m0/s1. The SMILES string of the molecule is CN1CCN(C)B1[C@@H]1CSB(CN)S1. The van der Waals surface area contributed by atoms with Crippen LogP contribution in [0, 0.1) is 0 Å². The third kappa shape index (κ3) is 2.11. The lowest BCUT2D eigenvalue weighted by atomic mass is 9.70. The summed E-state index contributed by atoms with van der Waals surface area (Å²) in [5.74, 6) is 1.26. The van der Waals surface area contributed by atoms with Gasteiger partial charge in [0.25, 0.3) is 5.27 Å². The molecule has 2 heterocycles. The van der Waals surface area contributed by atoms with Gasteiger partial charge in [0.15, 0.2) is 0 Å². The molecule has 14 heavy (non-hydrogen) atoms. The van der Waals surface area contributed by atoms with E-state index in [0.717, 1.165) is 11.6 Å². The lowest BCUT2D eigenvalue weighted by molar-refractivity contribution is 0.553. The van der Waals surface area contributed by atoms with E-state index in [1.54, 1.807) is 0 Å². The predicted octanol–water partition coefficient (Wildman–Crippen LogP) is -0.274. The van der Waals surface area contributed by atoms with Crippen LogP contribution in [-0.4, -0.2) is 66.4 Å². The molecule has 0 amide bonds. The van der Waals surface area contributed by atoms with Crippen molar-refractivity contribution in [3.8, 4) is 0 Å². The smallest absolute Gasteiger partial charge is 0.324 e. The van der Waals surface area contributed by atoms with E-state index in [0.29, 0.717) is 12.3 Å². The summed E-state index contributed by atoms with van der Waals surface area (Å²) in [4.78, 5) is 4.94. The van der Waals surface area contributed by atoms with Gasteiger partial charge in [0.1, 0.15) is 0 Å². The second-order valence-corrected chi connectivity index (χ2v) is 7.03.